The quantitative estimate of drug-likeness (QED) is 0.647. The molecule has 0 spiro atoms. The molecule has 3 N–H and O–H groups in total. The SMILES string of the molecule is Nc1ccc2nc(NCCOC3CCCC3)ccc2c1. The number of aromatic nitrogens is 1. The van der Waals surface area contributed by atoms with E-state index in [9.17, 15) is 0 Å². The summed E-state index contributed by atoms with van der Waals surface area (Å²) in [5.41, 5.74) is 7.49. The highest BCUT2D eigenvalue weighted by atomic mass is 16.5. The highest BCUT2D eigenvalue weighted by molar-refractivity contribution is 5.83. The van der Waals surface area contributed by atoms with E-state index in [1.807, 2.05) is 30.3 Å². The number of benzene rings is 1. The van der Waals surface area contributed by atoms with E-state index in [2.05, 4.69) is 10.3 Å². The predicted octanol–water partition coefficient (Wildman–Crippen LogP) is 3.19. The van der Waals surface area contributed by atoms with Gasteiger partial charge in [0.2, 0.25) is 0 Å². The van der Waals surface area contributed by atoms with Gasteiger partial charge in [-0.3, -0.25) is 0 Å². The van der Waals surface area contributed by atoms with Crippen LogP contribution in [0, 0.1) is 0 Å². The van der Waals surface area contributed by atoms with Gasteiger partial charge < -0.3 is 15.8 Å². The van der Waals surface area contributed by atoms with Crippen LogP contribution in [-0.4, -0.2) is 24.2 Å². The van der Waals surface area contributed by atoms with Crippen LogP contribution in [0.3, 0.4) is 0 Å². The summed E-state index contributed by atoms with van der Waals surface area (Å²) in [7, 11) is 0. The van der Waals surface area contributed by atoms with E-state index in [0.29, 0.717) is 6.10 Å². The first-order chi connectivity index (χ1) is 9.81. The fraction of sp³-hybridized carbons (Fsp3) is 0.438. The molecule has 1 aliphatic carbocycles. The van der Waals surface area contributed by atoms with Crippen molar-refractivity contribution in [3.05, 3.63) is 30.3 Å². The third-order valence-corrected chi connectivity index (χ3v) is 3.78. The molecule has 1 aliphatic rings. The van der Waals surface area contributed by atoms with Crippen molar-refractivity contribution in [2.75, 3.05) is 24.2 Å². The molecule has 106 valence electrons. The molecule has 2 aromatic rings. The summed E-state index contributed by atoms with van der Waals surface area (Å²) in [6, 6.07) is 9.79. The lowest BCUT2D eigenvalue weighted by molar-refractivity contribution is 0.0659. The lowest BCUT2D eigenvalue weighted by Crippen LogP contribution is -2.15. The molecule has 3 rings (SSSR count). The molecule has 0 saturated heterocycles. The van der Waals surface area contributed by atoms with Gasteiger partial charge in [0.25, 0.3) is 0 Å². The van der Waals surface area contributed by atoms with E-state index in [4.69, 9.17) is 10.5 Å². The average molecular weight is 271 g/mol. The molecule has 0 amide bonds. The van der Waals surface area contributed by atoms with Gasteiger partial charge in [0.05, 0.1) is 18.2 Å². The van der Waals surface area contributed by atoms with E-state index >= 15 is 0 Å². The van der Waals surface area contributed by atoms with E-state index in [-0.39, 0.29) is 0 Å². The minimum atomic E-state index is 0.476. The van der Waals surface area contributed by atoms with Gasteiger partial charge in [0.15, 0.2) is 0 Å². The Bertz CT molecular complexity index is 579. The van der Waals surface area contributed by atoms with Crippen molar-refractivity contribution >= 4 is 22.4 Å². The second-order valence-electron chi connectivity index (χ2n) is 5.35. The van der Waals surface area contributed by atoms with Crippen molar-refractivity contribution in [1.82, 2.24) is 4.98 Å². The third kappa shape index (κ3) is 3.20. The maximum absolute atomic E-state index is 5.82. The topological polar surface area (TPSA) is 60.2 Å². The van der Waals surface area contributed by atoms with Gasteiger partial charge in [-0.25, -0.2) is 4.98 Å². The maximum atomic E-state index is 5.82. The van der Waals surface area contributed by atoms with Gasteiger partial charge in [0.1, 0.15) is 5.82 Å². The zero-order valence-corrected chi connectivity index (χ0v) is 11.6. The van der Waals surface area contributed by atoms with E-state index in [0.717, 1.165) is 35.6 Å². The molecule has 0 bridgehead atoms. The van der Waals surface area contributed by atoms with E-state index < -0.39 is 0 Å². The van der Waals surface area contributed by atoms with Crippen LogP contribution in [0.4, 0.5) is 11.5 Å². The zero-order valence-electron chi connectivity index (χ0n) is 11.6. The van der Waals surface area contributed by atoms with Crippen molar-refractivity contribution in [2.45, 2.75) is 31.8 Å². The molecule has 0 unspecified atom stereocenters. The summed E-state index contributed by atoms with van der Waals surface area (Å²) < 4.78 is 5.82. The summed E-state index contributed by atoms with van der Waals surface area (Å²) in [6.45, 7) is 1.54. The molecule has 1 heterocycles. The predicted molar refractivity (Wildman–Crippen MR) is 82.9 cm³/mol. The van der Waals surface area contributed by atoms with Crippen molar-refractivity contribution in [3.63, 3.8) is 0 Å². The lowest BCUT2D eigenvalue weighted by atomic mass is 10.2. The molecule has 1 aromatic heterocycles. The minimum Gasteiger partial charge on any atom is -0.399 e. The van der Waals surface area contributed by atoms with Crippen molar-refractivity contribution < 1.29 is 4.74 Å². The number of nitrogens with two attached hydrogens (primary N) is 1. The number of hydrogen-bond acceptors (Lipinski definition) is 4. The molecule has 1 saturated carbocycles. The molecule has 1 aromatic carbocycles. The normalized spacial score (nSPS) is 15.8. The van der Waals surface area contributed by atoms with Gasteiger partial charge in [-0.15, -0.1) is 0 Å². The number of rotatable bonds is 5. The number of nitrogen functional groups attached to an aromatic ring is 1. The van der Waals surface area contributed by atoms with Crippen molar-refractivity contribution in [2.24, 2.45) is 0 Å². The van der Waals surface area contributed by atoms with Gasteiger partial charge in [-0.05, 0) is 43.2 Å². The summed E-state index contributed by atoms with van der Waals surface area (Å²) in [5.74, 6) is 0.886. The number of fused-ring (bicyclic) bond motifs is 1. The van der Waals surface area contributed by atoms with Crippen LogP contribution in [0.5, 0.6) is 0 Å². The minimum absolute atomic E-state index is 0.476. The second kappa shape index (κ2) is 6.09. The molecule has 1 fully saturated rings. The molecule has 0 radical (unpaired) electrons. The maximum Gasteiger partial charge on any atom is 0.126 e. The number of nitrogens with zero attached hydrogens (tertiary/aromatic N) is 1. The molecular formula is C16H21N3O. The largest absolute Gasteiger partial charge is 0.399 e. The van der Waals surface area contributed by atoms with Crippen LogP contribution in [0.1, 0.15) is 25.7 Å². The van der Waals surface area contributed by atoms with E-state index in [1.54, 1.807) is 0 Å². The van der Waals surface area contributed by atoms with Crippen LogP contribution >= 0.6 is 0 Å². The van der Waals surface area contributed by atoms with Gasteiger partial charge in [-0.1, -0.05) is 12.8 Å². The molecule has 0 aliphatic heterocycles. The summed E-state index contributed by atoms with van der Waals surface area (Å²) in [6.07, 6.45) is 5.54. The Kier molecular flexibility index (Phi) is 4.02. The van der Waals surface area contributed by atoms with Crippen LogP contribution in [0.25, 0.3) is 10.9 Å². The number of nitrogens with one attached hydrogen (secondary N) is 1. The zero-order chi connectivity index (χ0) is 13.8. The highest BCUT2D eigenvalue weighted by Gasteiger charge is 2.14. The van der Waals surface area contributed by atoms with Gasteiger partial charge >= 0.3 is 0 Å². The lowest BCUT2D eigenvalue weighted by Gasteiger charge is -2.12. The van der Waals surface area contributed by atoms with Crippen molar-refractivity contribution in [3.8, 4) is 0 Å². The first-order valence-electron chi connectivity index (χ1n) is 7.33. The molecule has 0 atom stereocenters. The fourth-order valence-electron chi connectivity index (χ4n) is 2.70. The first-order valence-corrected chi connectivity index (χ1v) is 7.33. The van der Waals surface area contributed by atoms with Crippen LogP contribution < -0.4 is 11.1 Å². The molecular weight excluding hydrogens is 250 g/mol. The van der Waals surface area contributed by atoms with E-state index in [1.165, 1.54) is 25.7 Å². The molecule has 4 heteroatoms. The summed E-state index contributed by atoms with van der Waals surface area (Å²) in [5, 5.41) is 4.38. The Hall–Kier alpha value is -1.81. The van der Waals surface area contributed by atoms with Gasteiger partial charge in [0, 0.05) is 17.6 Å². The Labute approximate surface area is 119 Å². The van der Waals surface area contributed by atoms with Gasteiger partial charge in [-0.2, -0.15) is 0 Å². The fourth-order valence-corrected chi connectivity index (χ4v) is 2.70. The smallest absolute Gasteiger partial charge is 0.126 e. The standard InChI is InChI=1S/C16H21N3O/c17-13-6-7-15-12(11-13)5-8-16(19-15)18-9-10-20-14-3-1-2-4-14/h5-8,11,14H,1-4,9-10,17H2,(H,18,19). The summed E-state index contributed by atoms with van der Waals surface area (Å²) in [4.78, 5) is 4.56. The van der Waals surface area contributed by atoms with Crippen LogP contribution in [-0.2, 0) is 4.74 Å². The monoisotopic (exact) mass is 271 g/mol. The first kappa shape index (κ1) is 13.2. The Morgan fingerprint density at radius 3 is 2.90 bits per heavy atom. The molecule has 20 heavy (non-hydrogen) atoms. The number of ether oxygens (including phenoxy) is 1. The Balaban J connectivity index is 1.53. The number of hydrogen-bond donors (Lipinski definition) is 2. The Morgan fingerprint density at radius 2 is 2.05 bits per heavy atom. The van der Waals surface area contributed by atoms with Crippen LogP contribution in [0.15, 0.2) is 30.3 Å². The average Bonchev–Trinajstić information content (AvgIpc) is 2.97. The second-order valence-corrected chi connectivity index (χ2v) is 5.35. The number of pyridine rings is 1. The third-order valence-electron chi connectivity index (χ3n) is 3.78. The highest BCUT2D eigenvalue weighted by Crippen LogP contribution is 2.21. The van der Waals surface area contributed by atoms with Crippen LogP contribution in [0.2, 0.25) is 0 Å². The molecule has 4 nitrogen and oxygen atoms in total. The summed E-state index contributed by atoms with van der Waals surface area (Å²) >= 11 is 0. The Morgan fingerprint density at radius 1 is 1.20 bits per heavy atom. The number of anilines is 2. The van der Waals surface area contributed by atoms with Crippen molar-refractivity contribution in [1.29, 1.82) is 0 Å².